The van der Waals surface area contributed by atoms with Crippen molar-refractivity contribution in [1.29, 1.82) is 0 Å². The molecule has 10 heteroatoms. The Morgan fingerprint density at radius 1 is 0.667 bits per heavy atom. The predicted octanol–water partition coefficient (Wildman–Crippen LogP) is 9.89. The molecule has 1 aromatic rings. The number of nitrogens with zero attached hydrogens (tertiary/aromatic N) is 4. The smallest absolute Gasteiger partial charge is 0.306 e. The number of fused-ring (bicyclic) bond motifs is 5. The lowest BCUT2D eigenvalue weighted by Gasteiger charge is -2.17. The number of carbonyl (C=O) groups is 2. The average Bonchev–Trinajstić information content (AvgIpc) is 4.07. The molecule has 0 radical (unpaired) electrons. The molecule has 1 aromatic heterocycles. The van der Waals surface area contributed by atoms with E-state index < -0.39 is 0 Å². The Kier molecular flexibility index (Phi) is 14.6. The zero-order valence-corrected chi connectivity index (χ0v) is 33.6. The lowest BCUT2D eigenvalue weighted by Crippen LogP contribution is -2.19. The van der Waals surface area contributed by atoms with Crippen LogP contribution in [0.4, 0.5) is 0 Å². The number of aromatic nitrogens is 1. The molecule has 0 unspecified atom stereocenters. The van der Waals surface area contributed by atoms with E-state index in [1.165, 1.54) is 19.3 Å². The average molecular weight is 769 g/mol. The van der Waals surface area contributed by atoms with E-state index in [1.54, 1.807) is 12.2 Å². The van der Waals surface area contributed by atoms with Gasteiger partial charge in [-0.15, -0.1) is 0 Å². The van der Waals surface area contributed by atoms with Gasteiger partial charge in [-0.2, -0.15) is 0 Å². The molecule has 0 amide bonds. The van der Waals surface area contributed by atoms with Crippen LogP contribution in [-0.4, -0.2) is 59.2 Å². The molecule has 0 aromatic carbocycles. The number of nitrogens with one attached hydrogen (secondary N) is 2. The Morgan fingerprint density at radius 3 is 1.74 bits per heavy atom. The largest absolute Gasteiger partial charge is 0.461 e. The zero-order chi connectivity index (χ0) is 40.0. The summed E-state index contributed by atoms with van der Waals surface area (Å²) in [6.07, 6.45) is 31.6. The molecule has 5 aliphatic heterocycles. The number of aliphatic imine (C=N–C) groups is 3. The maximum Gasteiger partial charge on any atom is 0.306 e. The summed E-state index contributed by atoms with van der Waals surface area (Å²) in [6.45, 7) is 9.97. The number of allylic oxidation sites excluding steroid dienone is 10. The fourth-order valence-electron chi connectivity index (χ4n) is 7.49. The van der Waals surface area contributed by atoms with Gasteiger partial charge in [-0.05, 0) is 100.0 Å². The van der Waals surface area contributed by atoms with Crippen LogP contribution < -0.4 is 5.32 Å². The fraction of sp³-hybridized carbons (Fsp3) is 0.383. The highest BCUT2D eigenvalue weighted by Crippen LogP contribution is 2.36. The molecule has 6 heterocycles. The van der Waals surface area contributed by atoms with E-state index in [-0.39, 0.29) is 25.2 Å². The van der Waals surface area contributed by atoms with Gasteiger partial charge in [0, 0.05) is 54.7 Å². The molecule has 298 valence electrons. The normalized spacial score (nSPS) is 18.1. The van der Waals surface area contributed by atoms with Gasteiger partial charge >= 0.3 is 11.9 Å². The number of rotatable bonds is 20. The molecule has 5 aliphatic rings. The highest BCUT2D eigenvalue weighted by molar-refractivity contribution is 6.31. The third-order valence-corrected chi connectivity index (χ3v) is 10.5. The first-order chi connectivity index (χ1) is 27.9. The van der Waals surface area contributed by atoms with Gasteiger partial charge in [0.2, 0.25) is 0 Å². The van der Waals surface area contributed by atoms with Crippen molar-refractivity contribution in [3.63, 3.8) is 0 Å². The first-order valence-electron chi connectivity index (χ1n) is 20.5. The van der Waals surface area contributed by atoms with Crippen LogP contribution in [0.15, 0.2) is 135 Å². The summed E-state index contributed by atoms with van der Waals surface area (Å²) < 4.78 is 10.5. The van der Waals surface area contributed by atoms with E-state index in [0.717, 1.165) is 112 Å². The van der Waals surface area contributed by atoms with Gasteiger partial charge in [0.05, 0.1) is 45.5 Å². The zero-order valence-electron chi connectivity index (χ0n) is 33.6. The van der Waals surface area contributed by atoms with Crippen molar-refractivity contribution in [2.24, 2.45) is 15.0 Å². The third-order valence-electron chi connectivity index (χ3n) is 10.5. The number of ether oxygens (including phenoxy) is 2. The van der Waals surface area contributed by atoms with Crippen molar-refractivity contribution in [3.8, 4) is 0 Å². The van der Waals surface area contributed by atoms with Crippen LogP contribution in [0.1, 0.15) is 108 Å². The van der Waals surface area contributed by atoms with Gasteiger partial charge in [-0.3, -0.25) is 9.59 Å². The molecule has 0 spiro atoms. The van der Waals surface area contributed by atoms with Gasteiger partial charge < -0.3 is 24.7 Å². The Morgan fingerprint density at radius 2 is 1.18 bits per heavy atom. The second-order valence-corrected chi connectivity index (χ2v) is 14.7. The highest BCUT2D eigenvalue weighted by Gasteiger charge is 2.27. The molecule has 0 aliphatic carbocycles. The molecule has 0 saturated heterocycles. The monoisotopic (exact) mass is 768 g/mol. The molecule has 8 bridgehead atoms. The van der Waals surface area contributed by atoms with Crippen LogP contribution in [0.5, 0.6) is 0 Å². The minimum Gasteiger partial charge on any atom is -0.461 e. The number of hydrogen-bond acceptors (Lipinski definition) is 9. The van der Waals surface area contributed by atoms with E-state index in [9.17, 15) is 9.59 Å². The maximum absolute atomic E-state index is 12.3. The summed E-state index contributed by atoms with van der Waals surface area (Å²) in [5.74, 6) is 0.485. The van der Waals surface area contributed by atoms with Gasteiger partial charge in [0.15, 0.2) is 0 Å². The molecule has 10 nitrogen and oxygen atoms in total. The van der Waals surface area contributed by atoms with Crippen molar-refractivity contribution in [3.05, 3.63) is 132 Å². The van der Waals surface area contributed by atoms with Gasteiger partial charge in [-0.25, -0.2) is 15.0 Å². The topological polar surface area (TPSA) is 121 Å². The van der Waals surface area contributed by atoms with Gasteiger partial charge in [-0.1, -0.05) is 57.9 Å². The quantitative estimate of drug-likeness (QED) is 0.0774. The minimum atomic E-state index is -0.215. The van der Waals surface area contributed by atoms with E-state index in [2.05, 4.69) is 83.9 Å². The van der Waals surface area contributed by atoms with Crippen LogP contribution in [-0.2, 0) is 19.1 Å². The SMILES string of the molecule is C=CCOC(=O)CCCCC1=C2C=CC(=N2)/C(=C2\NC=CN2C)c2ccc([nH]2)C(CCCCC(=O)OCC=C)=C2C=CC(=N2)C(CCCCCCC)=C2C=CC1=N2. The van der Waals surface area contributed by atoms with Crippen molar-refractivity contribution < 1.29 is 19.1 Å². The molecule has 0 saturated carbocycles. The number of aromatic amines is 1. The van der Waals surface area contributed by atoms with Crippen LogP contribution in [0.25, 0.3) is 11.1 Å². The number of hydrogen-bond donors (Lipinski definition) is 2. The highest BCUT2D eigenvalue weighted by atomic mass is 16.5. The molecule has 0 atom stereocenters. The summed E-state index contributed by atoms with van der Waals surface area (Å²) in [4.78, 5) is 46.3. The molecule has 6 rings (SSSR count). The molecule has 57 heavy (non-hydrogen) atoms. The molecule has 0 fully saturated rings. The van der Waals surface area contributed by atoms with Crippen molar-refractivity contribution in [1.82, 2.24) is 15.2 Å². The number of carbonyl (C=O) groups excluding carboxylic acids is 2. The molecular formula is C47H56N6O4. The first kappa shape index (κ1) is 40.9. The Bertz CT molecular complexity index is 2070. The summed E-state index contributed by atoms with van der Waals surface area (Å²) in [6, 6.07) is 4.24. The standard InChI is InChI=1S/C47H56N6O4/c1-5-8-9-10-11-16-33-36-21-23-38(49-36)34(17-12-14-19-44(54)56-31-6-2)40-25-27-42(51-40)46(47-48-29-30-53(47)4)43-28-26-41(52-43)35(39-24-22-37(33)50-39)18-13-15-20-45(55)57-32-7-3/h6-7,21-30,48,51H,2-3,5,8-20,31-32H2,1,4H3/b37-33?,38-34?,41-35?,47-46+. The lowest BCUT2D eigenvalue weighted by molar-refractivity contribution is -0.143. The maximum atomic E-state index is 12.3. The summed E-state index contributed by atoms with van der Waals surface area (Å²) in [5.41, 5.74) is 11.5. The third kappa shape index (κ3) is 10.6. The van der Waals surface area contributed by atoms with E-state index >= 15 is 0 Å². The summed E-state index contributed by atoms with van der Waals surface area (Å²) in [7, 11) is 2.02. The Balaban J connectivity index is 1.42. The van der Waals surface area contributed by atoms with E-state index in [0.29, 0.717) is 32.1 Å². The minimum absolute atomic E-state index is 0.211. The summed E-state index contributed by atoms with van der Waals surface area (Å²) >= 11 is 0. The van der Waals surface area contributed by atoms with Gasteiger partial charge in [0.1, 0.15) is 19.0 Å². The number of H-pyrrole nitrogens is 1. The first-order valence-corrected chi connectivity index (χ1v) is 20.5. The Hall–Kier alpha value is -5.77. The van der Waals surface area contributed by atoms with Gasteiger partial charge in [0.25, 0.3) is 0 Å². The van der Waals surface area contributed by atoms with Crippen LogP contribution in [0.3, 0.4) is 0 Å². The van der Waals surface area contributed by atoms with Crippen molar-refractivity contribution in [2.45, 2.75) is 96.8 Å². The van der Waals surface area contributed by atoms with Crippen LogP contribution in [0.2, 0.25) is 0 Å². The molecular weight excluding hydrogens is 713 g/mol. The lowest BCUT2D eigenvalue weighted by atomic mass is 10.00. The number of unbranched alkanes of at least 4 members (excludes halogenated alkanes) is 6. The summed E-state index contributed by atoms with van der Waals surface area (Å²) in [5, 5.41) is 3.44. The van der Waals surface area contributed by atoms with Crippen LogP contribution in [0, 0.1) is 0 Å². The predicted molar refractivity (Wildman–Crippen MR) is 231 cm³/mol. The van der Waals surface area contributed by atoms with Crippen molar-refractivity contribution >= 4 is 40.2 Å². The number of esters is 2. The second-order valence-electron chi connectivity index (χ2n) is 14.7. The van der Waals surface area contributed by atoms with E-state index in [1.807, 2.05) is 19.4 Å². The fourth-order valence-corrected chi connectivity index (χ4v) is 7.49. The van der Waals surface area contributed by atoms with Crippen molar-refractivity contribution in [2.75, 3.05) is 20.3 Å². The second kappa shape index (κ2) is 20.4. The molecule has 2 N–H and O–H groups in total. The van der Waals surface area contributed by atoms with E-state index in [4.69, 9.17) is 24.5 Å². The Labute approximate surface area is 337 Å². The van der Waals surface area contributed by atoms with Crippen LogP contribution >= 0.6 is 0 Å².